The fraction of sp³-hybridized carbons (Fsp3) is 0.0667. The van der Waals surface area contributed by atoms with Crippen LogP contribution >= 0.6 is 47.0 Å². The molecule has 20 heteroatoms. The number of hydrogen-bond acceptors (Lipinski definition) is 16. The molecule has 2 N–H and O–H groups in total. The molecular formula is C30H20N4O12S4. The summed E-state index contributed by atoms with van der Waals surface area (Å²) in [5, 5.41) is 71.2. The molecule has 0 saturated carbocycles. The van der Waals surface area contributed by atoms with Crippen LogP contribution in [0.2, 0.25) is 0 Å². The lowest BCUT2D eigenvalue weighted by Crippen LogP contribution is -2.00. The van der Waals surface area contributed by atoms with Crippen LogP contribution in [0.25, 0.3) is 0 Å². The molecule has 0 saturated heterocycles. The summed E-state index contributed by atoms with van der Waals surface area (Å²) < 4.78 is 11.8. The van der Waals surface area contributed by atoms with Crippen molar-refractivity contribution in [2.24, 2.45) is 0 Å². The molecule has 0 amide bonds. The number of hydrogen-bond donors (Lipinski definition) is 2. The molecular weight excluding hydrogens is 737 g/mol. The highest BCUT2D eigenvalue weighted by atomic mass is 32.2. The first kappa shape index (κ1) is 35.9. The molecule has 0 aromatic heterocycles. The van der Waals surface area contributed by atoms with Gasteiger partial charge in [0.05, 0.1) is 58.9 Å². The molecule has 1 heterocycles. The average molecular weight is 757 g/mol. The Labute approximate surface area is 297 Å². The fourth-order valence-corrected chi connectivity index (χ4v) is 8.86. The summed E-state index contributed by atoms with van der Waals surface area (Å²) in [4.78, 5) is 44.8. The molecule has 0 unspecified atom stereocenters. The van der Waals surface area contributed by atoms with Crippen LogP contribution in [0.1, 0.15) is 0 Å². The molecule has 256 valence electrons. The van der Waals surface area contributed by atoms with Gasteiger partial charge < -0.3 is 19.7 Å². The van der Waals surface area contributed by atoms with E-state index in [4.69, 9.17) is 9.47 Å². The van der Waals surface area contributed by atoms with Crippen LogP contribution in [0, 0.1) is 40.5 Å². The van der Waals surface area contributed by atoms with E-state index >= 15 is 0 Å². The molecule has 1 aliphatic heterocycles. The Balaban J connectivity index is 1.91. The number of nitrogens with zero attached hydrogens (tertiary/aromatic N) is 4. The Bertz CT molecular complexity index is 1880. The summed E-state index contributed by atoms with van der Waals surface area (Å²) in [7, 11) is 0. The molecule has 50 heavy (non-hydrogen) atoms. The summed E-state index contributed by atoms with van der Waals surface area (Å²) >= 11 is 2.74. The monoisotopic (exact) mass is 756 g/mol. The number of nitro benzene ring substituents is 4. The predicted octanol–water partition coefficient (Wildman–Crippen LogP) is 8.78. The molecule has 0 fully saturated rings. The van der Waals surface area contributed by atoms with Crippen molar-refractivity contribution < 1.29 is 39.4 Å². The van der Waals surface area contributed by atoms with Crippen LogP contribution in [-0.2, 0) is 0 Å². The summed E-state index contributed by atoms with van der Waals surface area (Å²) in [6.07, 6.45) is 2.77. The number of ether oxygens (including phenoxy) is 2. The molecule has 0 atom stereocenters. The molecule has 4 aromatic carbocycles. The summed E-state index contributed by atoms with van der Waals surface area (Å²) in [5.74, 6) is -1.03. The second kappa shape index (κ2) is 15.0. The fourth-order valence-electron chi connectivity index (χ4n) is 4.34. The van der Waals surface area contributed by atoms with Crippen LogP contribution in [0.4, 0.5) is 22.7 Å². The second-order valence-electron chi connectivity index (χ2n) is 9.76. The Morgan fingerprint density at radius 3 is 0.920 bits per heavy atom. The Morgan fingerprint density at radius 2 is 0.720 bits per heavy atom. The lowest BCUT2D eigenvalue weighted by atomic mass is 10.3. The van der Waals surface area contributed by atoms with E-state index in [0.29, 0.717) is 47.0 Å². The number of rotatable bonds is 10. The van der Waals surface area contributed by atoms with Crippen molar-refractivity contribution in [3.63, 3.8) is 0 Å². The number of benzene rings is 4. The number of fused-ring (bicyclic) bond motifs is 8. The third-order valence-electron chi connectivity index (χ3n) is 6.47. The normalized spacial score (nSPS) is 12.0. The topological polar surface area (TPSA) is 231 Å². The zero-order valence-electron chi connectivity index (χ0n) is 25.0. The quantitative estimate of drug-likeness (QED) is 0.0770. The Kier molecular flexibility index (Phi) is 10.7. The van der Waals surface area contributed by atoms with Gasteiger partial charge in [0.25, 0.3) is 22.7 Å². The highest BCUT2D eigenvalue weighted by molar-refractivity contribution is 8.01. The van der Waals surface area contributed by atoms with Crippen LogP contribution in [-0.4, -0.2) is 43.1 Å². The molecule has 0 aliphatic carbocycles. The first-order valence-corrected chi connectivity index (χ1v) is 16.9. The molecule has 16 nitrogen and oxygen atoms in total. The molecule has 5 rings (SSSR count). The maximum atomic E-state index is 12.1. The second-order valence-corrected chi connectivity index (χ2v) is 14.1. The molecule has 0 spiro atoms. The van der Waals surface area contributed by atoms with Crippen LogP contribution in [0.15, 0.2) is 113 Å². The summed E-state index contributed by atoms with van der Waals surface area (Å²) in [6, 6.07) is 8.62. The first-order chi connectivity index (χ1) is 23.8. The largest absolute Gasteiger partial charge is 0.506 e. The maximum absolute atomic E-state index is 12.1. The molecule has 8 bridgehead atoms. The standard InChI is InChI=1S/C30H20N4O12S4/c1-3-5-45-29-23-11-17(33(41)42)12-24(29)48-20-8-16(32(39)40)10-22(28(20)36)50-26-14-18(34(43)44)13-25(30(26)46-6-4-2)49-21-9-15(31(37)38)7-19(47-23)27(21)35/h3-4,7-14,35-36H,1-2,5-6H2. The number of non-ortho nitro benzene ring substituents is 4. The van der Waals surface area contributed by atoms with Crippen molar-refractivity contribution in [2.75, 3.05) is 13.2 Å². The van der Waals surface area contributed by atoms with Gasteiger partial charge in [-0.25, -0.2) is 0 Å². The minimum absolute atomic E-state index is 0.00884. The first-order valence-electron chi connectivity index (χ1n) is 13.7. The van der Waals surface area contributed by atoms with Crippen molar-refractivity contribution >= 4 is 69.8 Å². The third kappa shape index (κ3) is 7.57. The SMILES string of the molecule is C=CCOc1c2cc([N+](=O)[O-])cc1Sc1cc([N+](=O)[O-])cc(c1O)Sc1cc([N+](=O)[O-])cc(c1OCC=C)Sc1cc([N+](=O)[O-])cc(c1O)S2. The predicted molar refractivity (Wildman–Crippen MR) is 184 cm³/mol. The molecule has 0 radical (unpaired) electrons. The Hall–Kier alpha value is -5.44. The number of nitro groups is 4. The van der Waals surface area contributed by atoms with Gasteiger partial charge in [-0.3, -0.25) is 40.5 Å². The van der Waals surface area contributed by atoms with Gasteiger partial charge >= 0.3 is 0 Å². The lowest BCUT2D eigenvalue weighted by molar-refractivity contribution is -0.385. The van der Waals surface area contributed by atoms with E-state index in [2.05, 4.69) is 13.2 Å². The van der Waals surface area contributed by atoms with Crippen molar-refractivity contribution in [3.8, 4) is 23.0 Å². The van der Waals surface area contributed by atoms with Gasteiger partial charge in [0, 0.05) is 48.5 Å². The van der Waals surface area contributed by atoms with Gasteiger partial charge in [0.1, 0.15) is 36.2 Å². The van der Waals surface area contributed by atoms with Gasteiger partial charge in [-0.2, -0.15) is 0 Å². The van der Waals surface area contributed by atoms with E-state index in [9.17, 15) is 50.7 Å². The van der Waals surface area contributed by atoms with Gasteiger partial charge in [0.15, 0.2) is 0 Å². The van der Waals surface area contributed by atoms with E-state index in [1.807, 2.05) is 0 Å². The van der Waals surface area contributed by atoms with E-state index in [1.54, 1.807) is 0 Å². The van der Waals surface area contributed by atoms with E-state index in [1.165, 1.54) is 12.2 Å². The smallest absolute Gasteiger partial charge is 0.271 e. The Morgan fingerprint density at radius 1 is 0.500 bits per heavy atom. The zero-order valence-corrected chi connectivity index (χ0v) is 28.3. The van der Waals surface area contributed by atoms with E-state index < -0.39 is 53.9 Å². The van der Waals surface area contributed by atoms with Gasteiger partial charge in [-0.1, -0.05) is 72.4 Å². The van der Waals surface area contributed by atoms with Crippen LogP contribution in [0.3, 0.4) is 0 Å². The molecule has 1 aliphatic rings. The average Bonchev–Trinajstić information content (AvgIpc) is 3.06. The van der Waals surface area contributed by atoms with Gasteiger partial charge in [-0.05, 0) is 0 Å². The molecule has 4 aromatic rings. The van der Waals surface area contributed by atoms with Crippen LogP contribution < -0.4 is 9.47 Å². The highest BCUT2D eigenvalue weighted by Crippen LogP contribution is 2.55. The lowest BCUT2D eigenvalue weighted by Gasteiger charge is -2.19. The summed E-state index contributed by atoms with van der Waals surface area (Å²) in [6.45, 7) is 6.99. The van der Waals surface area contributed by atoms with Crippen molar-refractivity contribution in [1.29, 1.82) is 0 Å². The third-order valence-corrected chi connectivity index (χ3v) is 10.7. The number of phenolic OH excluding ortho intramolecular Hbond substituents is 2. The van der Waals surface area contributed by atoms with E-state index in [0.717, 1.165) is 48.5 Å². The van der Waals surface area contributed by atoms with Gasteiger partial charge in [0.2, 0.25) is 0 Å². The van der Waals surface area contributed by atoms with E-state index in [-0.39, 0.29) is 63.9 Å². The number of phenols is 2. The van der Waals surface area contributed by atoms with Crippen LogP contribution in [0.5, 0.6) is 23.0 Å². The summed E-state index contributed by atoms with van der Waals surface area (Å²) in [5.41, 5.74) is -1.90. The van der Waals surface area contributed by atoms with Crippen molar-refractivity contribution in [1.82, 2.24) is 0 Å². The van der Waals surface area contributed by atoms with Crippen molar-refractivity contribution in [2.45, 2.75) is 39.2 Å². The number of aromatic hydroxyl groups is 2. The van der Waals surface area contributed by atoms with Gasteiger partial charge in [-0.15, -0.1) is 0 Å². The minimum Gasteiger partial charge on any atom is -0.506 e. The minimum atomic E-state index is -0.720. The zero-order chi connectivity index (χ0) is 36.3. The highest BCUT2D eigenvalue weighted by Gasteiger charge is 2.29. The maximum Gasteiger partial charge on any atom is 0.271 e. The van der Waals surface area contributed by atoms with Crippen molar-refractivity contribution in [3.05, 3.63) is 114 Å².